The summed E-state index contributed by atoms with van der Waals surface area (Å²) < 4.78 is 5.13. The Morgan fingerprint density at radius 3 is 2.71 bits per heavy atom. The standard InChI is InChI=1S/C5H11NO.C5H11NS.2H2/c2*1-2-6-3-5-7-4-1;;/h2*6H,1-5H2;2*1H. The minimum atomic E-state index is 0. The van der Waals surface area contributed by atoms with Crippen molar-refractivity contribution in [2.45, 2.75) is 12.8 Å². The largest absolute Gasteiger partial charge is 0.380 e. The van der Waals surface area contributed by atoms with Crippen LogP contribution >= 0.6 is 11.8 Å². The predicted molar refractivity (Wildman–Crippen MR) is 67.3 cm³/mol. The zero-order valence-electron chi connectivity index (χ0n) is 8.89. The lowest BCUT2D eigenvalue weighted by Crippen LogP contribution is -2.15. The Labute approximate surface area is 94.3 Å². The maximum Gasteiger partial charge on any atom is 0.0590 e. The quantitative estimate of drug-likeness (QED) is 0.645. The molecule has 0 unspecified atom stereocenters. The Balaban J connectivity index is 0. The zero-order chi connectivity index (χ0) is 9.90. The number of hydrogen-bond acceptors (Lipinski definition) is 4. The summed E-state index contributed by atoms with van der Waals surface area (Å²) in [7, 11) is 0. The van der Waals surface area contributed by atoms with E-state index in [9.17, 15) is 0 Å². The van der Waals surface area contributed by atoms with Crippen LogP contribution in [0.2, 0.25) is 0 Å². The molecule has 88 valence electrons. The van der Waals surface area contributed by atoms with E-state index in [0.717, 1.165) is 26.3 Å². The predicted octanol–water partition coefficient (Wildman–Crippen LogP) is 1.20. The van der Waals surface area contributed by atoms with Crippen molar-refractivity contribution < 1.29 is 7.59 Å². The molecule has 0 aromatic carbocycles. The number of ether oxygens (including phenoxy) is 1. The Hall–Kier alpha value is 0.230. The Kier molecular flexibility index (Phi) is 8.59. The maximum atomic E-state index is 5.13. The molecule has 2 aliphatic rings. The fourth-order valence-electron chi connectivity index (χ4n) is 1.34. The first-order valence-electron chi connectivity index (χ1n) is 5.57. The topological polar surface area (TPSA) is 33.3 Å². The van der Waals surface area contributed by atoms with Crippen molar-refractivity contribution in [1.82, 2.24) is 10.6 Å². The average Bonchev–Trinajstić information content (AvgIpc) is 2.68. The highest BCUT2D eigenvalue weighted by atomic mass is 32.2. The van der Waals surface area contributed by atoms with Gasteiger partial charge in [-0.25, -0.2) is 0 Å². The fourth-order valence-corrected chi connectivity index (χ4v) is 2.18. The number of nitrogens with one attached hydrogen (secondary N) is 2. The molecule has 4 heteroatoms. The van der Waals surface area contributed by atoms with E-state index >= 15 is 0 Å². The number of rotatable bonds is 0. The van der Waals surface area contributed by atoms with Crippen molar-refractivity contribution in [2.24, 2.45) is 0 Å². The van der Waals surface area contributed by atoms with Gasteiger partial charge in [-0.2, -0.15) is 11.8 Å². The molecule has 14 heavy (non-hydrogen) atoms. The average molecular weight is 222 g/mol. The summed E-state index contributed by atoms with van der Waals surface area (Å²) >= 11 is 2.05. The summed E-state index contributed by atoms with van der Waals surface area (Å²) in [6.45, 7) is 6.42. The minimum Gasteiger partial charge on any atom is -0.380 e. The van der Waals surface area contributed by atoms with E-state index in [0.29, 0.717) is 0 Å². The second-order valence-corrected chi connectivity index (χ2v) is 4.66. The number of hydrogen-bond donors (Lipinski definition) is 2. The third-order valence-electron chi connectivity index (χ3n) is 2.13. The summed E-state index contributed by atoms with van der Waals surface area (Å²) in [6.07, 6.45) is 2.52. The molecule has 2 rings (SSSR count). The van der Waals surface area contributed by atoms with Gasteiger partial charge in [0.15, 0.2) is 0 Å². The second kappa shape index (κ2) is 9.77. The van der Waals surface area contributed by atoms with Gasteiger partial charge in [0.25, 0.3) is 0 Å². The summed E-state index contributed by atoms with van der Waals surface area (Å²) in [6, 6.07) is 0. The molecular weight excluding hydrogens is 196 g/mol. The molecule has 2 saturated heterocycles. The summed E-state index contributed by atoms with van der Waals surface area (Å²) in [5, 5.41) is 6.55. The lowest BCUT2D eigenvalue weighted by atomic mass is 10.5. The molecule has 2 heterocycles. The normalized spacial score (nSPS) is 24.0. The van der Waals surface area contributed by atoms with Gasteiger partial charge in [-0.3, -0.25) is 0 Å². The molecule has 0 bridgehead atoms. The van der Waals surface area contributed by atoms with Crippen LogP contribution in [0.1, 0.15) is 15.7 Å². The van der Waals surface area contributed by atoms with Gasteiger partial charge in [0, 0.05) is 28.3 Å². The first-order chi connectivity index (χ1) is 7.00. The third kappa shape index (κ3) is 7.62. The molecule has 0 aromatic heterocycles. The molecule has 0 amide bonds. The van der Waals surface area contributed by atoms with E-state index in [4.69, 9.17) is 4.74 Å². The van der Waals surface area contributed by atoms with Crippen LogP contribution in [-0.2, 0) is 4.74 Å². The van der Waals surface area contributed by atoms with Crippen LogP contribution in [-0.4, -0.2) is 50.9 Å². The van der Waals surface area contributed by atoms with Crippen LogP contribution in [0.4, 0.5) is 0 Å². The highest BCUT2D eigenvalue weighted by Crippen LogP contribution is 2.02. The molecule has 0 aromatic rings. The fraction of sp³-hybridized carbons (Fsp3) is 1.00. The van der Waals surface area contributed by atoms with Crippen molar-refractivity contribution in [3.8, 4) is 0 Å². The summed E-state index contributed by atoms with van der Waals surface area (Å²) in [5.41, 5.74) is 0. The maximum absolute atomic E-state index is 5.13. The first kappa shape index (κ1) is 12.3. The van der Waals surface area contributed by atoms with Gasteiger partial charge in [-0.1, -0.05) is 0 Å². The van der Waals surface area contributed by atoms with Gasteiger partial charge in [0.2, 0.25) is 0 Å². The first-order valence-corrected chi connectivity index (χ1v) is 6.72. The van der Waals surface area contributed by atoms with E-state index in [1.54, 1.807) is 0 Å². The van der Waals surface area contributed by atoms with E-state index in [2.05, 4.69) is 22.4 Å². The van der Waals surface area contributed by atoms with Crippen LogP contribution in [0, 0.1) is 0 Å². The SMILES string of the molecule is C1CNCCOC1.C1CNCCSC1.[HH].[HH]. The third-order valence-corrected chi connectivity index (χ3v) is 3.20. The molecule has 0 radical (unpaired) electrons. The van der Waals surface area contributed by atoms with Crippen molar-refractivity contribution in [2.75, 3.05) is 50.9 Å². The zero-order valence-corrected chi connectivity index (χ0v) is 9.70. The van der Waals surface area contributed by atoms with Crippen molar-refractivity contribution in [3.05, 3.63) is 0 Å². The van der Waals surface area contributed by atoms with Gasteiger partial charge in [0.05, 0.1) is 6.61 Å². The molecule has 2 fully saturated rings. The molecule has 0 atom stereocenters. The lowest BCUT2D eigenvalue weighted by Gasteiger charge is -1.91. The number of thioether (sulfide) groups is 1. The van der Waals surface area contributed by atoms with Crippen LogP contribution in [0.15, 0.2) is 0 Å². The molecule has 0 saturated carbocycles. The molecule has 0 aliphatic carbocycles. The van der Waals surface area contributed by atoms with Crippen LogP contribution in [0.5, 0.6) is 0 Å². The molecule has 0 spiro atoms. The molecule has 3 nitrogen and oxygen atoms in total. The van der Waals surface area contributed by atoms with Crippen molar-refractivity contribution in [3.63, 3.8) is 0 Å². The van der Waals surface area contributed by atoms with Gasteiger partial charge in [-0.05, 0) is 31.7 Å². The molecule has 2 aliphatic heterocycles. The van der Waals surface area contributed by atoms with E-state index in [1.807, 2.05) is 0 Å². The Morgan fingerprint density at radius 2 is 1.71 bits per heavy atom. The highest BCUT2D eigenvalue weighted by molar-refractivity contribution is 7.99. The van der Waals surface area contributed by atoms with E-state index < -0.39 is 0 Å². The van der Waals surface area contributed by atoms with Crippen molar-refractivity contribution in [1.29, 1.82) is 0 Å². The van der Waals surface area contributed by atoms with Gasteiger partial charge in [0.1, 0.15) is 0 Å². The Morgan fingerprint density at radius 1 is 0.857 bits per heavy atom. The van der Waals surface area contributed by atoms with Crippen molar-refractivity contribution >= 4 is 11.8 Å². The monoisotopic (exact) mass is 222 g/mol. The lowest BCUT2D eigenvalue weighted by molar-refractivity contribution is 0.151. The summed E-state index contributed by atoms with van der Waals surface area (Å²) in [5.74, 6) is 2.66. The highest BCUT2D eigenvalue weighted by Gasteiger charge is 1.94. The van der Waals surface area contributed by atoms with E-state index in [-0.39, 0.29) is 2.85 Å². The minimum absolute atomic E-state index is 0. The molecular formula is C10H26N2OS. The summed E-state index contributed by atoms with van der Waals surface area (Å²) in [4.78, 5) is 0. The van der Waals surface area contributed by atoms with Crippen LogP contribution in [0.25, 0.3) is 0 Å². The van der Waals surface area contributed by atoms with Gasteiger partial charge >= 0.3 is 0 Å². The molecule has 2 N–H and O–H groups in total. The van der Waals surface area contributed by atoms with E-state index in [1.165, 1.54) is 37.4 Å². The van der Waals surface area contributed by atoms with Gasteiger partial charge in [-0.15, -0.1) is 0 Å². The van der Waals surface area contributed by atoms with Crippen LogP contribution < -0.4 is 10.6 Å². The second-order valence-electron chi connectivity index (χ2n) is 3.43. The van der Waals surface area contributed by atoms with Gasteiger partial charge < -0.3 is 15.4 Å². The van der Waals surface area contributed by atoms with Crippen LogP contribution in [0.3, 0.4) is 0 Å². The smallest absolute Gasteiger partial charge is 0.0590 e. The Bertz CT molecular complexity index is 80.1.